The van der Waals surface area contributed by atoms with Crippen molar-refractivity contribution in [2.24, 2.45) is 0 Å². The van der Waals surface area contributed by atoms with Crippen molar-refractivity contribution in [2.75, 3.05) is 26.4 Å². The van der Waals surface area contributed by atoms with Crippen LogP contribution in [0.3, 0.4) is 0 Å². The molecular weight excluding hydrogens is 246 g/mol. The largest absolute Gasteiger partial charge is 0.394 e. The third-order valence-electron chi connectivity index (χ3n) is 3.60. The highest BCUT2D eigenvalue weighted by Gasteiger charge is 2.28. The van der Waals surface area contributed by atoms with Crippen molar-refractivity contribution < 1.29 is 19.4 Å². The predicted octanol–water partition coefficient (Wildman–Crippen LogP) is 0.769. The van der Waals surface area contributed by atoms with Crippen LogP contribution in [0.15, 0.2) is 11.6 Å². The Hall–Kier alpha value is -0.910. The van der Waals surface area contributed by atoms with Gasteiger partial charge in [-0.25, -0.2) is 0 Å². The van der Waals surface area contributed by atoms with Gasteiger partial charge in [-0.3, -0.25) is 4.79 Å². The minimum absolute atomic E-state index is 0.00481. The van der Waals surface area contributed by atoms with Gasteiger partial charge in [-0.2, -0.15) is 0 Å². The molecule has 5 heteroatoms. The molecule has 0 radical (unpaired) electrons. The van der Waals surface area contributed by atoms with E-state index in [1.165, 1.54) is 12.0 Å². The Morgan fingerprint density at radius 3 is 3.21 bits per heavy atom. The Bertz CT molecular complexity index is 329. The van der Waals surface area contributed by atoms with Crippen LogP contribution < -0.4 is 5.32 Å². The number of aliphatic hydroxyl groups excluding tert-OH is 1. The van der Waals surface area contributed by atoms with E-state index in [1.54, 1.807) is 0 Å². The Kier molecular flexibility index (Phi) is 5.82. The maximum absolute atomic E-state index is 12.0. The van der Waals surface area contributed by atoms with Gasteiger partial charge in [-0.15, -0.1) is 0 Å². The average Bonchev–Trinajstić information content (AvgIpc) is 2.90. The molecule has 1 amide bonds. The molecule has 0 unspecified atom stereocenters. The highest BCUT2D eigenvalue weighted by Crippen LogP contribution is 2.20. The summed E-state index contributed by atoms with van der Waals surface area (Å²) in [6.07, 6.45) is 6.60. The van der Waals surface area contributed by atoms with Crippen LogP contribution in [0, 0.1) is 0 Å². The zero-order valence-electron chi connectivity index (χ0n) is 11.3. The van der Waals surface area contributed by atoms with Crippen LogP contribution in [0.2, 0.25) is 0 Å². The van der Waals surface area contributed by atoms with Gasteiger partial charge < -0.3 is 19.9 Å². The van der Waals surface area contributed by atoms with Crippen LogP contribution in [0.4, 0.5) is 0 Å². The van der Waals surface area contributed by atoms with E-state index in [2.05, 4.69) is 11.4 Å². The molecule has 2 N–H and O–H groups in total. The fourth-order valence-electron chi connectivity index (χ4n) is 2.61. The molecule has 1 aliphatic carbocycles. The summed E-state index contributed by atoms with van der Waals surface area (Å²) in [5.41, 5.74) is 1.25. The molecule has 1 fully saturated rings. The van der Waals surface area contributed by atoms with Crippen LogP contribution in [-0.4, -0.2) is 49.6 Å². The van der Waals surface area contributed by atoms with Gasteiger partial charge in [0, 0.05) is 13.0 Å². The number of carbonyl (C=O) groups excluding carboxylic acids is 1. The van der Waals surface area contributed by atoms with E-state index in [-0.39, 0.29) is 31.3 Å². The molecule has 0 saturated carbocycles. The molecule has 0 bridgehead atoms. The third kappa shape index (κ3) is 4.60. The molecule has 0 spiro atoms. The Morgan fingerprint density at radius 1 is 1.58 bits per heavy atom. The number of allylic oxidation sites excluding steroid dienone is 1. The molecular formula is C14H23NO4. The molecule has 19 heavy (non-hydrogen) atoms. The van der Waals surface area contributed by atoms with Gasteiger partial charge in [-0.05, 0) is 25.7 Å². The van der Waals surface area contributed by atoms with Crippen molar-refractivity contribution in [3.63, 3.8) is 0 Å². The first kappa shape index (κ1) is 14.5. The summed E-state index contributed by atoms with van der Waals surface area (Å²) in [5.74, 6) is 0.0673. The third-order valence-corrected chi connectivity index (χ3v) is 3.60. The molecule has 1 heterocycles. The van der Waals surface area contributed by atoms with Crippen LogP contribution in [-0.2, 0) is 14.3 Å². The van der Waals surface area contributed by atoms with E-state index in [1.807, 2.05) is 0 Å². The second kappa shape index (κ2) is 7.62. The van der Waals surface area contributed by atoms with Crippen molar-refractivity contribution in [1.82, 2.24) is 5.32 Å². The van der Waals surface area contributed by atoms with Crippen LogP contribution >= 0.6 is 0 Å². The molecule has 2 aliphatic rings. The monoisotopic (exact) mass is 269 g/mol. The summed E-state index contributed by atoms with van der Waals surface area (Å²) in [7, 11) is 0. The Morgan fingerprint density at radius 2 is 2.47 bits per heavy atom. The van der Waals surface area contributed by atoms with Crippen molar-refractivity contribution in [2.45, 2.75) is 44.2 Å². The summed E-state index contributed by atoms with van der Waals surface area (Å²) in [4.78, 5) is 12.0. The molecule has 2 atom stereocenters. The summed E-state index contributed by atoms with van der Waals surface area (Å²) < 4.78 is 10.9. The van der Waals surface area contributed by atoms with E-state index < -0.39 is 0 Å². The molecule has 108 valence electrons. The van der Waals surface area contributed by atoms with Gasteiger partial charge in [0.15, 0.2) is 0 Å². The Balaban J connectivity index is 1.79. The van der Waals surface area contributed by atoms with Crippen molar-refractivity contribution in [3.8, 4) is 0 Å². The molecule has 1 aliphatic heterocycles. The molecule has 0 aromatic carbocycles. The summed E-state index contributed by atoms with van der Waals surface area (Å²) in [5, 5.41) is 11.8. The van der Waals surface area contributed by atoms with E-state index in [9.17, 15) is 4.79 Å². The maximum atomic E-state index is 12.0. The second-order valence-corrected chi connectivity index (χ2v) is 5.10. The standard InChI is InChI=1S/C14H23NO4/c16-6-8-19-13-10-18-7-5-12(13)15-14(17)9-11-3-1-2-4-11/h3,12-13,16H,1-2,4-10H2,(H,15,17)/t12-,13-/m1/s1. The van der Waals surface area contributed by atoms with E-state index >= 15 is 0 Å². The van der Waals surface area contributed by atoms with E-state index in [0.29, 0.717) is 19.6 Å². The first-order chi connectivity index (χ1) is 9.29. The quantitative estimate of drug-likeness (QED) is 0.699. The van der Waals surface area contributed by atoms with E-state index in [4.69, 9.17) is 14.6 Å². The normalized spacial score (nSPS) is 27.1. The van der Waals surface area contributed by atoms with Gasteiger partial charge >= 0.3 is 0 Å². The number of carbonyl (C=O) groups is 1. The lowest BCUT2D eigenvalue weighted by atomic mass is 10.0. The van der Waals surface area contributed by atoms with Gasteiger partial charge in [0.2, 0.25) is 5.91 Å². The fraction of sp³-hybridized carbons (Fsp3) is 0.786. The number of nitrogens with one attached hydrogen (secondary N) is 1. The zero-order valence-corrected chi connectivity index (χ0v) is 11.3. The summed E-state index contributed by atoms with van der Waals surface area (Å²) >= 11 is 0. The maximum Gasteiger partial charge on any atom is 0.224 e. The first-order valence-corrected chi connectivity index (χ1v) is 7.07. The molecule has 5 nitrogen and oxygen atoms in total. The van der Waals surface area contributed by atoms with Crippen LogP contribution in [0.5, 0.6) is 0 Å². The lowest BCUT2D eigenvalue weighted by Gasteiger charge is -2.32. The number of amides is 1. The van der Waals surface area contributed by atoms with Gasteiger partial charge in [0.1, 0.15) is 6.10 Å². The fourth-order valence-corrected chi connectivity index (χ4v) is 2.61. The second-order valence-electron chi connectivity index (χ2n) is 5.10. The summed E-state index contributed by atoms with van der Waals surface area (Å²) in [6.45, 7) is 1.40. The van der Waals surface area contributed by atoms with Crippen LogP contribution in [0.1, 0.15) is 32.1 Å². The first-order valence-electron chi connectivity index (χ1n) is 7.07. The topological polar surface area (TPSA) is 67.8 Å². The molecule has 1 saturated heterocycles. The predicted molar refractivity (Wildman–Crippen MR) is 70.7 cm³/mol. The Labute approximate surface area is 114 Å². The number of hydrogen-bond donors (Lipinski definition) is 2. The number of aliphatic hydroxyl groups is 1. The molecule has 2 rings (SSSR count). The van der Waals surface area contributed by atoms with Crippen molar-refractivity contribution in [1.29, 1.82) is 0 Å². The molecule has 0 aromatic rings. The average molecular weight is 269 g/mol. The van der Waals surface area contributed by atoms with Crippen LogP contribution in [0.25, 0.3) is 0 Å². The lowest BCUT2D eigenvalue weighted by molar-refractivity contribution is -0.125. The smallest absolute Gasteiger partial charge is 0.224 e. The SMILES string of the molecule is O=C(CC1=CCCC1)N[C@@H]1CCOC[C@H]1OCCO. The molecule has 0 aromatic heterocycles. The van der Waals surface area contributed by atoms with Gasteiger partial charge in [0.05, 0.1) is 25.9 Å². The zero-order chi connectivity index (χ0) is 13.5. The number of hydrogen-bond acceptors (Lipinski definition) is 4. The number of ether oxygens (including phenoxy) is 2. The minimum Gasteiger partial charge on any atom is -0.394 e. The highest BCUT2D eigenvalue weighted by molar-refractivity contribution is 5.79. The van der Waals surface area contributed by atoms with Gasteiger partial charge in [0.25, 0.3) is 0 Å². The minimum atomic E-state index is -0.151. The highest BCUT2D eigenvalue weighted by atomic mass is 16.5. The lowest BCUT2D eigenvalue weighted by Crippen LogP contribution is -2.50. The van der Waals surface area contributed by atoms with Crippen molar-refractivity contribution in [3.05, 3.63) is 11.6 Å². The van der Waals surface area contributed by atoms with Gasteiger partial charge in [-0.1, -0.05) is 11.6 Å². The van der Waals surface area contributed by atoms with Crippen molar-refractivity contribution >= 4 is 5.91 Å². The number of rotatable bonds is 6. The van der Waals surface area contributed by atoms with E-state index in [0.717, 1.165) is 19.3 Å². The summed E-state index contributed by atoms with van der Waals surface area (Å²) in [6, 6.07) is -0.00481.